The van der Waals surface area contributed by atoms with Gasteiger partial charge in [-0.05, 0) is 78.4 Å². The molecule has 8 heteroatoms. The molecule has 0 spiro atoms. The lowest BCUT2D eigenvalue weighted by Crippen LogP contribution is -2.29. The fraction of sp³-hybridized carbons (Fsp3) is 0.259. The third kappa shape index (κ3) is 4.34. The molecule has 5 rings (SSSR count). The maximum absolute atomic E-state index is 13.2. The van der Waals surface area contributed by atoms with E-state index in [1.54, 1.807) is 44.6 Å². The molecular weight excluding hydrogens is 484 g/mol. The zero-order chi connectivity index (χ0) is 24.7. The predicted octanol–water partition coefficient (Wildman–Crippen LogP) is 6.29. The van der Waals surface area contributed by atoms with Crippen molar-refractivity contribution >= 4 is 33.0 Å². The fourth-order valence-electron chi connectivity index (χ4n) is 5.02. The lowest BCUT2D eigenvalue weighted by Gasteiger charge is -2.38. The number of hydrogen-bond donors (Lipinski definition) is 2. The number of ether oxygens (including phenoxy) is 2. The predicted molar refractivity (Wildman–Crippen MR) is 139 cm³/mol. The van der Waals surface area contributed by atoms with E-state index in [0.717, 1.165) is 28.8 Å². The van der Waals surface area contributed by atoms with Crippen molar-refractivity contribution in [2.75, 3.05) is 24.3 Å². The summed E-state index contributed by atoms with van der Waals surface area (Å²) in [5.41, 5.74) is 4.28. The van der Waals surface area contributed by atoms with E-state index in [1.807, 2.05) is 25.1 Å². The molecule has 3 atom stereocenters. The van der Waals surface area contributed by atoms with Gasteiger partial charge in [-0.15, -0.1) is 0 Å². The zero-order valence-electron chi connectivity index (χ0n) is 19.7. The van der Waals surface area contributed by atoms with Crippen molar-refractivity contribution < 1.29 is 17.9 Å². The van der Waals surface area contributed by atoms with Crippen LogP contribution < -0.4 is 19.5 Å². The van der Waals surface area contributed by atoms with E-state index < -0.39 is 10.0 Å². The van der Waals surface area contributed by atoms with E-state index in [0.29, 0.717) is 22.2 Å². The number of nitrogens with one attached hydrogen (secondary N) is 2. The molecule has 0 amide bonds. The normalized spacial score (nSPS) is 20.5. The maximum Gasteiger partial charge on any atom is 0.261 e. The summed E-state index contributed by atoms with van der Waals surface area (Å²) in [6.45, 7) is 1.84. The summed E-state index contributed by atoms with van der Waals surface area (Å²) < 4.78 is 40.1. The molecule has 0 radical (unpaired) electrons. The molecule has 1 aliphatic heterocycles. The molecule has 6 nitrogen and oxygen atoms in total. The van der Waals surface area contributed by atoms with Gasteiger partial charge in [-0.25, -0.2) is 8.42 Å². The Morgan fingerprint density at radius 2 is 1.80 bits per heavy atom. The maximum atomic E-state index is 13.2. The molecule has 0 bridgehead atoms. The van der Waals surface area contributed by atoms with Crippen LogP contribution in [0.4, 0.5) is 11.4 Å². The number of aryl methyl sites for hydroxylation is 1. The molecule has 2 N–H and O–H groups in total. The van der Waals surface area contributed by atoms with Crippen molar-refractivity contribution in [3.05, 3.63) is 88.5 Å². The number of methoxy groups -OCH3 is 2. The third-order valence-corrected chi connectivity index (χ3v) is 8.45. The van der Waals surface area contributed by atoms with E-state index >= 15 is 0 Å². The van der Waals surface area contributed by atoms with Crippen molar-refractivity contribution in [2.45, 2.75) is 30.2 Å². The number of rotatable bonds is 6. The molecule has 182 valence electrons. The van der Waals surface area contributed by atoms with Crippen molar-refractivity contribution in [3.8, 4) is 11.5 Å². The first-order valence-corrected chi connectivity index (χ1v) is 13.2. The van der Waals surface area contributed by atoms with Crippen LogP contribution in [0.5, 0.6) is 11.5 Å². The monoisotopic (exact) mass is 510 g/mol. The topological polar surface area (TPSA) is 76.7 Å². The smallest absolute Gasteiger partial charge is 0.261 e. The molecular formula is C27H27ClN2O4S. The van der Waals surface area contributed by atoms with Gasteiger partial charge in [-0.1, -0.05) is 35.9 Å². The Kier molecular flexibility index (Phi) is 6.15. The second-order valence-corrected chi connectivity index (χ2v) is 11.0. The minimum absolute atomic E-state index is 0.0528. The molecule has 3 aromatic carbocycles. The van der Waals surface area contributed by atoms with Crippen LogP contribution in [0, 0.1) is 12.8 Å². The van der Waals surface area contributed by atoms with Gasteiger partial charge in [0.05, 0.1) is 30.8 Å². The number of sulfonamides is 1. The Labute approximate surface area is 211 Å². The second-order valence-electron chi connectivity index (χ2n) is 8.90. The van der Waals surface area contributed by atoms with Gasteiger partial charge in [0.2, 0.25) is 0 Å². The minimum Gasteiger partial charge on any atom is -0.493 e. The summed E-state index contributed by atoms with van der Waals surface area (Å²) in [4.78, 5) is 0.223. The number of hydrogen-bond acceptors (Lipinski definition) is 5. The van der Waals surface area contributed by atoms with Crippen LogP contribution in [0.2, 0.25) is 5.02 Å². The Morgan fingerprint density at radius 1 is 1.00 bits per heavy atom. The highest BCUT2D eigenvalue weighted by molar-refractivity contribution is 7.92. The Hall–Kier alpha value is -3.16. The Bertz CT molecular complexity index is 1420. The second kappa shape index (κ2) is 9.13. The summed E-state index contributed by atoms with van der Waals surface area (Å²) in [5, 5.41) is 4.12. The molecule has 35 heavy (non-hydrogen) atoms. The van der Waals surface area contributed by atoms with Crippen LogP contribution in [0.3, 0.4) is 0 Å². The first kappa shape index (κ1) is 23.6. The summed E-state index contributed by atoms with van der Waals surface area (Å²) in [6.07, 6.45) is 5.25. The lowest BCUT2D eigenvalue weighted by molar-refractivity contribution is 0.353. The molecule has 2 aliphatic rings. The van der Waals surface area contributed by atoms with Gasteiger partial charge >= 0.3 is 0 Å². The van der Waals surface area contributed by atoms with Gasteiger partial charge < -0.3 is 14.8 Å². The summed E-state index contributed by atoms with van der Waals surface area (Å²) in [7, 11) is -0.534. The standard InChI is InChI=1S/C27H27ClN2O4S/c1-16-7-9-18(28)14-24(16)30-35(31,32)19-10-11-23-22(15-19)20-5-4-6-21(20)27(29-23)17-8-12-25(33-2)26(13-17)34-3/h4-5,7-15,20-21,27,29-30H,6H2,1-3H3/t20-,21+,27+/m0/s1. The van der Waals surface area contributed by atoms with Crippen LogP contribution in [-0.4, -0.2) is 22.6 Å². The Morgan fingerprint density at radius 3 is 2.57 bits per heavy atom. The Balaban J connectivity index is 1.49. The average Bonchev–Trinajstić information content (AvgIpc) is 3.35. The van der Waals surface area contributed by atoms with Gasteiger partial charge in [0, 0.05) is 16.6 Å². The van der Waals surface area contributed by atoms with Crippen LogP contribution in [0.25, 0.3) is 0 Å². The number of allylic oxidation sites excluding steroid dienone is 2. The van der Waals surface area contributed by atoms with E-state index in [4.69, 9.17) is 21.1 Å². The van der Waals surface area contributed by atoms with Crippen molar-refractivity contribution in [1.29, 1.82) is 0 Å². The fourth-order valence-corrected chi connectivity index (χ4v) is 6.35. The van der Waals surface area contributed by atoms with Gasteiger partial charge in [0.1, 0.15) is 0 Å². The van der Waals surface area contributed by atoms with E-state index in [-0.39, 0.29) is 22.8 Å². The van der Waals surface area contributed by atoms with Gasteiger partial charge in [-0.3, -0.25) is 4.72 Å². The highest BCUT2D eigenvalue weighted by Gasteiger charge is 2.38. The van der Waals surface area contributed by atoms with Crippen LogP contribution in [-0.2, 0) is 10.0 Å². The number of halogens is 1. The SMILES string of the molecule is COc1ccc([C@H]2Nc3ccc(S(=O)(=O)Nc4cc(Cl)ccc4C)cc3[C@H]3C=CC[C@H]32)cc1OC. The molecule has 0 fully saturated rings. The summed E-state index contributed by atoms with van der Waals surface area (Å²) >= 11 is 6.08. The van der Waals surface area contributed by atoms with Crippen molar-refractivity contribution in [2.24, 2.45) is 5.92 Å². The van der Waals surface area contributed by atoms with Crippen LogP contribution in [0.1, 0.15) is 35.1 Å². The molecule has 0 aromatic heterocycles. The molecule has 0 saturated carbocycles. The highest BCUT2D eigenvalue weighted by Crippen LogP contribution is 2.51. The van der Waals surface area contributed by atoms with E-state index in [9.17, 15) is 8.42 Å². The molecule has 0 unspecified atom stereocenters. The van der Waals surface area contributed by atoms with Crippen molar-refractivity contribution in [3.63, 3.8) is 0 Å². The zero-order valence-corrected chi connectivity index (χ0v) is 21.3. The number of benzene rings is 3. The number of anilines is 2. The summed E-state index contributed by atoms with van der Waals surface area (Å²) in [6, 6.07) is 16.4. The molecule has 3 aromatic rings. The molecule has 1 heterocycles. The van der Waals surface area contributed by atoms with E-state index in [2.05, 4.69) is 28.3 Å². The first-order chi connectivity index (χ1) is 16.8. The average molecular weight is 511 g/mol. The highest BCUT2D eigenvalue weighted by atomic mass is 35.5. The minimum atomic E-state index is -3.79. The van der Waals surface area contributed by atoms with Gasteiger partial charge in [0.25, 0.3) is 10.0 Å². The van der Waals surface area contributed by atoms with Crippen molar-refractivity contribution in [1.82, 2.24) is 0 Å². The molecule has 1 aliphatic carbocycles. The van der Waals surface area contributed by atoms with Gasteiger partial charge in [-0.2, -0.15) is 0 Å². The van der Waals surface area contributed by atoms with Crippen LogP contribution >= 0.6 is 11.6 Å². The number of fused-ring (bicyclic) bond motifs is 3. The van der Waals surface area contributed by atoms with E-state index in [1.165, 1.54) is 0 Å². The lowest BCUT2D eigenvalue weighted by atomic mass is 9.77. The summed E-state index contributed by atoms with van der Waals surface area (Å²) in [5.74, 6) is 1.73. The van der Waals surface area contributed by atoms with Crippen LogP contribution in [0.15, 0.2) is 71.6 Å². The van der Waals surface area contributed by atoms with Gasteiger partial charge in [0.15, 0.2) is 11.5 Å². The third-order valence-electron chi connectivity index (χ3n) is 6.86. The largest absolute Gasteiger partial charge is 0.493 e. The quantitative estimate of drug-likeness (QED) is 0.381. The first-order valence-electron chi connectivity index (χ1n) is 11.4. The molecule has 0 saturated heterocycles.